The minimum atomic E-state index is -0.891. The van der Waals surface area contributed by atoms with Gasteiger partial charge in [0.1, 0.15) is 4.70 Å². The lowest BCUT2D eigenvalue weighted by Gasteiger charge is -2.09. The first-order chi connectivity index (χ1) is 12.5. The van der Waals surface area contributed by atoms with E-state index in [-0.39, 0.29) is 27.2 Å². The van der Waals surface area contributed by atoms with E-state index >= 15 is 0 Å². The molecule has 1 N–H and O–H groups in total. The lowest BCUT2D eigenvalue weighted by atomic mass is 10.2. The van der Waals surface area contributed by atoms with Crippen LogP contribution in [0, 0.1) is 10.1 Å². The normalized spacial score (nSPS) is 11.2. The molecule has 4 aromatic rings. The van der Waals surface area contributed by atoms with Gasteiger partial charge in [0, 0.05) is 22.2 Å². The summed E-state index contributed by atoms with van der Waals surface area (Å²) in [6.07, 6.45) is 0. The fourth-order valence-corrected chi connectivity index (χ4v) is 4.02. The largest absolute Gasteiger partial charge is 0.421 e. The van der Waals surface area contributed by atoms with Crippen molar-refractivity contribution in [3.05, 3.63) is 85.0 Å². The molecule has 0 saturated carbocycles. The van der Waals surface area contributed by atoms with Crippen LogP contribution in [0.4, 0.5) is 5.69 Å². The number of rotatable bonds is 3. The summed E-state index contributed by atoms with van der Waals surface area (Å²) < 4.78 is 2.12. The Kier molecular flexibility index (Phi) is 3.58. The van der Waals surface area contributed by atoms with Crippen LogP contribution in [0.15, 0.2) is 58.1 Å². The summed E-state index contributed by atoms with van der Waals surface area (Å²) in [6.45, 7) is 0.117. The molecule has 4 rings (SSSR count). The van der Waals surface area contributed by atoms with Crippen LogP contribution in [0.25, 0.3) is 20.3 Å². The Morgan fingerprint density at radius 1 is 1.12 bits per heavy atom. The molecule has 0 aliphatic heterocycles. The van der Waals surface area contributed by atoms with Gasteiger partial charge in [-0.1, -0.05) is 35.1 Å². The zero-order valence-corrected chi connectivity index (χ0v) is 14.0. The molecule has 130 valence electrons. The molecule has 0 atom stereocenters. The van der Waals surface area contributed by atoms with Gasteiger partial charge in [0.2, 0.25) is 0 Å². The van der Waals surface area contributed by atoms with Crippen LogP contribution < -0.4 is 11.2 Å². The number of nitro groups is 1. The smallest absolute Gasteiger partial charge is 0.365 e. The maximum Gasteiger partial charge on any atom is 0.365 e. The molecule has 26 heavy (non-hydrogen) atoms. The number of nitro benzene ring substituents is 1. The highest BCUT2D eigenvalue weighted by molar-refractivity contribution is 7.25. The Balaban J connectivity index is 2.13. The van der Waals surface area contributed by atoms with E-state index in [0.29, 0.717) is 10.1 Å². The lowest BCUT2D eigenvalue weighted by Crippen LogP contribution is -2.38. The summed E-state index contributed by atoms with van der Waals surface area (Å²) in [4.78, 5) is 35.4. The second-order valence-corrected chi connectivity index (χ2v) is 6.74. The van der Waals surface area contributed by atoms with Gasteiger partial charge in [0.05, 0.1) is 17.0 Å². The van der Waals surface area contributed by atoms with Crippen molar-refractivity contribution in [3.63, 3.8) is 0 Å². The molecule has 0 radical (unpaired) electrons. The molecular weight excluding hydrogens is 358 g/mol. The Labute approximate surface area is 148 Å². The Morgan fingerprint density at radius 3 is 2.54 bits per heavy atom. The summed E-state index contributed by atoms with van der Waals surface area (Å²) in [6, 6.07) is 13.3. The molecule has 8 nitrogen and oxygen atoms in total. The van der Waals surface area contributed by atoms with Crippen molar-refractivity contribution >= 4 is 37.3 Å². The summed E-state index contributed by atoms with van der Waals surface area (Å²) in [5.41, 5.74) is -0.781. The summed E-state index contributed by atoms with van der Waals surface area (Å²) in [5, 5.41) is 21.4. The van der Waals surface area contributed by atoms with Gasteiger partial charge in [-0.15, -0.1) is 11.3 Å². The maximum atomic E-state index is 12.5. The standard InChI is InChI=1S/C17H11N3O5S/c21-16-15-14(12-8-11(20(24)25)6-7-13(12)26-15)18(17(22)19(16)23)9-10-4-2-1-3-5-10/h1-8,23H,9H2. The van der Waals surface area contributed by atoms with Crippen molar-refractivity contribution in [3.8, 4) is 0 Å². The van der Waals surface area contributed by atoms with Gasteiger partial charge >= 0.3 is 11.2 Å². The zero-order valence-electron chi connectivity index (χ0n) is 13.2. The molecular formula is C17H11N3O5S. The van der Waals surface area contributed by atoms with E-state index in [0.717, 1.165) is 16.9 Å². The fraction of sp³-hybridized carbons (Fsp3) is 0.0588. The first-order valence-corrected chi connectivity index (χ1v) is 8.38. The number of thiophene rings is 1. The molecule has 2 aromatic carbocycles. The minimum absolute atomic E-state index is 0.0784. The number of benzene rings is 2. The van der Waals surface area contributed by atoms with Gasteiger partial charge in [-0.25, -0.2) is 4.79 Å². The van der Waals surface area contributed by atoms with Crippen molar-refractivity contribution in [1.29, 1.82) is 0 Å². The number of nitrogens with zero attached hydrogens (tertiary/aromatic N) is 3. The Hall–Kier alpha value is -3.46. The van der Waals surface area contributed by atoms with E-state index in [1.54, 1.807) is 0 Å². The highest BCUT2D eigenvalue weighted by Gasteiger charge is 2.20. The third-order valence-corrected chi connectivity index (χ3v) is 5.26. The molecule has 0 saturated heterocycles. The third kappa shape index (κ3) is 2.37. The van der Waals surface area contributed by atoms with Crippen LogP contribution in [-0.2, 0) is 6.54 Å². The van der Waals surface area contributed by atoms with E-state index in [2.05, 4.69) is 0 Å². The quantitative estimate of drug-likeness (QED) is 0.339. The summed E-state index contributed by atoms with van der Waals surface area (Å²) in [5.74, 6) is 0. The number of aromatic nitrogens is 2. The summed E-state index contributed by atoms with van der Waals surface area (Å²) >= 11 is 1.08. The van der Waals surface area contributed by atoms with Crippen LogP contribution in [0.5, 0.6) is 0 Å². The molecule has 9 heteroatoms. The van der Waals surface area contributed by atoms with Crippen LogP contribution >= 0.6 is 11.3 Å². The second kappa shape index (κ2) is 5.81. The van der Waals surface area contributed by atoms with E-state index in [4.69, 9.17) is 0 Å². The molecule has 0 bridgehead atoms. The van der Waals surface area contributed by atoms with Gasteiger partial charge in [-0.3, -0.25) is 19.5 Å². The van der Waals surface area contributed by atoms with Crippen molar-refractivity contribution in [2.45, 2.75) is 6.54 Å². The van der Waals surface area contributed by atoms with Crippen LogP contribution in [-0.4, -0.2) is 19.4 Å². The number of hydrogen-bond donors (Lipinski definition) is 1. The molecule has 2 aromatic heterocycles. The average molecular weight is 369 g/mol. The zero-order chi connectivity index (χ0) is 18.4. The number of hydrogen-bond acceptors (Lipinski definition) is 6. The Morgan fingerprint density at radius 2 is 1.85 bits per heavy atom. The number of non-ortho nitro benzene ring substituents is 1. The molecule has 0 amide bonds. The van der Waals surface area contributed by atoms with Gasteiger partial charge in [-0.05, 0) is 11.6 Å². The van der Waals surface area contributed by atoms with E-state index in [1.807, 2.05) is 30.3 Å². The van der Waals surface area contributed by atoms with E-state index in [1.165, 1.54) is 22.8 Å². The molecule has 0 unspecified atom stereocenters. The van der Waals surface area contributed by atoms with Crippen molar-refractivity contribution in [2.24, 2.45) is 0 Å². The van der Waals surface area contributed by atoms with Crippen molar-refractivity contribution < 1.29 is 10.1 Å². The predicted molar refractivity (Wildman–Crippen MR) is 97.2 cm³/mol. The van der Waals surface area contributed by atoms with Gasteiger partial charge < -0.3 is 5.21 Å². The number of fused-ring (bicyclic) bond motifs is 3. The minimum Gasteiger partial charge on any atom is -0.421 e. The maximum absolute atomic E-state index is 12.5. The highest BCUT2D eigenvalue weighted by atomic mass is 32.1. The van der Waals surface area contributed by atoms with Gasteiger partial charge in [-0.2, -0.15) is 0 Å². The first-order valence-electron chi connectivity index (χ1n) is 7.57. The van der Waals surface area contributed by atoms with Crippen LogP contribution in [0.3, 0.4) is 0 Å². The lowest BCUT2D eigenvalue weighted by molar-refractivity contribution is -0.384. The average Bonchev–Trinajstić information content (AvgIpc) is 3.03. The fourth-order valence-electron chi connectivity index (χ4n) is 2.90. The van der Waals surface area contributed by atoms with Crippen LogP contribution in [0.1, 0.15) is 5.56 Å². The monoisotopic (exact) mass is 369 g/mol. The molecule has 0 spiro atoms. The molecule has 2 heterocycles. The van der Waals surface area contributed by atoms with Gasteiger partial charge in [0.25, 0.3) is 5.69 Å². The van der Waals surface area contributed by atoms with Gasteiger partial charge in [0.15, 0.2) is 0 Å². The van der Waals surface area contributed by atoms with Crippen molar-refractivity contribution in [1.82, 2.24) is 9.30 Å². The van der Waals surface area contributed by atoms with Crippen LogP contribution in [0.2, 0.25) is 0 Å². The summed E-state index contributed by atoms with van der Waals surface area (Å²) in [7, 11) is 0. The SMILES string of the molecule is O=c1c2sc3ccc([N+](=O)[O-])cc3c2n(Cc2ccccc2)c(=O)n1O. The van der Waals surface area contributed by atoms with E-state index in [9.17, 15) is 24.9 Å². The molecule has 0 aliphatic rings. The molecule has 0 fully saturated rings. The van der Waals surface area contributed by atoms with Crippen molar-refractivity contribution in [2.75, 3.05) is 0 Å². The molecule has 0 aliphatic carbocycles. The third-order valence-electron chi connectivity index (χ3n) is 4.11. The predicted octanol–water partition coefficient (Wildman–Crippen LogP) is 2.57. The first kappa shape index (κ1) is 16.0. The Bertz CT molecular complexity index is 1290. The van der Waals surface area contributed by atoms with E-state index < -0.39 is 16.2 Å². The topological polar surface area (TPSA) is 107 Å². The second-order valence-electron chi connectivity index (χ2n) is 5.69. The highest BCUT2D eigenvalue weighted by Crippen LogP contribution is 2.33.